The molecule has 0 atom stereocenters. The number of anilines is 2. The lowest BCUT2D eigenvalue weighted by Gasteiger charge is -2.34. The van der Waals surface area contributed by atoms with Crippen LogP contribution in [0.3, 0.4) is 0 Å². The lowest BCUT2D eigenvalue weighted by atomic mass is 9.78. The number of para-hydroxylation sites is 1. The molecule has 1 aliphatic heterocycles. The van der Waals surface area contributed by atoms with Crippen LogP contribution in [0.1, 0.15) is 119 Å². The second kappa shape index (κ2) is 15.2. The van der Waals surface area contributed by atoms with Crippen LogP contribution in [0.15, 0.2) is 145 Å². The van der Waals surface area contributed by atoms with Crippen LogP contribution in [0.5, 0.6) is 11.5 Å². The minimum absolute atomic E-state index is 0.0401. The number of hydrogen-bond donors (Lipinski definition) is 0. The van der Waals surface area contributed by atoms with Crippen LogP contribution in [0.4, 0.5) is 11.4 Å². The van der Waals surface area contributed by atoms with Crippen molar-refractivity contribution in [3.63, 3.8) is 0 Å². The van der Waals surface area contributed by atoms with E-state index in [1.54, 1.807) is 0 Å². The predicted octanol–water partition coefficient (Wildman–Crippen LogP) is 15.5. The Balaban J connectivity index is 1.25. The molecule has 2 aromatic heterocycles. The van der Waals surface area contributed by atoms with Crippen LogP contribution in [0.25, 0.3) is 27.6 Å². The van der Waals surface area contributed by atoms with Crippen molar-refractivity contribution in [1.29, 1.82) is 0 Å². The molecule has 0 unspecified atom stereocenters. The van der Waals surface area contributed by atoms with Gasteiger partial charge in [0.05, 0.1) is 17.7 Å². The minimum atomic E-state index is -0.208. The molecular formula is C57H66N4O. The zero-order valence-corrected chi connectivity index (χ0v) is 39.6. The zero-order valence-electron chi connectivity index (χ0n) is 39.6. The van der Waals surface area contributed by atoms with E-state index in [9.17, 15) is 0 Å². The van der Waals surface area contributed by atoms with Crippen molar-refractivity contribution < 1.29 is 4.74 Å². The summed E-state index contributed by atoms with van der Waals surface area (Å²) in [5.74, 6) is 2.48. The minimum Gasteiger partial charge on any atom is -0.457 e. The first kappa shape index (κ1) is 42.9. The van der Waals surface area contributed by atoms with Gasteiger partial charge in [0.25, 0.3) is 0 Å². The maximum atomic E-state index is 7.03. The van der Waals surface area contributed by atoms with Gasteiger partial charge in [-0.15, -0.1) is 0 Å². The molecule has 8 rings (SSSR count). The highest BCUT2D eigenvalue weighted by Crippen LogP contribution is 2.49. The summed E-state index contributed by atoms with van der Waals surface area (Å²) in [5.41, 5.74) is 11.7. The summed E-state index contributed by atoms with van der Waals surface area (Å²) in [6, 6.07) is 46.2. The number of pyridine rings is 1. The lowest BCUT2D eigenvalue weighted by molar-refractivity contribution is 0.444. The maximum Gasteiger partial charge on any atom is 0.137 e. The summed E-state index contributed by atoms with van der Waals surface area (Å²) in [7, 11) is 0. The molecular weight excluding hydrogens is 757 g/mol. The first-order valence-corrected chi connectivity index (χ1v) is 22.3. The van der Waals surface area contributed by atoms with Crippen molar-refractivity contribution in [3.8, 4) is 17.3 Å². The van der Waals surface area contributed by atoms with Gasteiger partial charge in [0, 0.05) is 68.1 Å². The summed E-state index contributed by atoms with van der Waals surface area (Å²) in [5, 5.41) is 2.34. The second-order valence-electron chi connectivity index (χ2n) is 22.0. The predicted molar refractivity (Wildman–Crippen MR) is 263 cm³/mol. The molecule has 0 fully saturated rings. The SMILES string of the molecule is CC(C)(C)C1=C(C(C)(C)C)N(c2cc(Oc3ccc4c5ccccc5n(-c5cc(C(C)(C)c6ccccc6)ccn5)c4c3)cc(C(C)(C)C)c2)CN1c1cccc(C(C)(C)C)c1. The highest BCUT2D eigenvalue weighted by Gasteiger charge is 2.42. The average molecular weight is 823 g/mol. The van der Waals surface area contributed by atoms with E-state index in [-0.39, 0.29) is 27.1 Å². The Morgan fingerprint density at radius 3 is 1.69 bits per heavy atom. The number of allylic oxidation sites excluding steroid dienone is 2. The third-order valence-corrected chi connectivity index (χ3v) is 12.6. The van der Waals surface area contributed by atoms with Crippen LogP contribution in [-0.4, -0.2) is 16.2 Å². The third kappa shape index (κ3) is 8.03. The average Bonchev–Trinajstić information content (AvgIpc) is 3.79. The summed E-state index contributed by atoms with van der Waals surface area (Å²) < 4.78 is 9.33. The molecule has 0 saturated heterocycles. The van der Waals surface area contributed by atoms with Gasteiger partial charge in [-0.1, -0.05) is 158 Å². The van der Waals surface area contributed by atoms with Gasteiger partial charge in [-0.2, -0.15) is 0 Å². The van der Waals surface area contributed by atoms with E-state index >= 15 is 0 Å². The molecule has 7 aromatic rings. The van der Waals surface area contributed by atoms with E-state index < -0.39 is 0 Å². The molecule has 320 valence electrons. The van der Waals surface area contributed by atoms with Gasteiger partial charge in [-0.05, 0) is 87.7 Å². The largest absolute Gasteiger partial charge is 0.457 e. The number of nitrogens with zero attached hydrogens (tertiary/aromatic N) is 4. The summed E-state index contributed by atoms with van der Waals surface area (Å²) >= 11 is 0. The smallest absolute Gasteiger partial charge is 0.137 e. The van der Waals surface area contributed by atoms with Gasteiger partial charge in [-0.25, -0.2) is 4.98 Å². The van der Waals surface area contributed by atoms with Gasteiger partial charge in [0.2, 0.25) is 0 Å². The fourth-order valence-electron chi connectivity index (χ4n) is 9.20. The monoisotopic (exact) mass is 823 g/mol. The van der Waals surface area contributed by atoms with E-state index in [0.717, 1.165) is 39.4 Å². The van der Waals surface area contributed by atoms with Crippen LogP contribution < -0.4 is 14.5 Å². The van der Waals surface area contributed by atoms with E-state index in [1.807, 2.05) is 6.20 Å². The Bertz CT molecular complexity index is 2810. The fraction of sp³-hybridized carbons (Fsp3) is 0.351. The Morgan fingerprint density at radius 2 is 1.03 bits per heavy atom. The molecule has 1 aliphatic rings. The molecule has 0 aliphatic carbocycles. The van der Waals surface area contributed by atoms with E-state index in [4.69, 9.17) is 9.72 Å². The summed E-state index contributed by atoms with van der Waals surface area (Å²) in [6.45, 7) is 33.1. The number of benzene rings is 5. The van der Waals surface area contributed by atoms with Crippen LogP contribution >= 0.6 is 0 Å². The number of fused-ring (bicyclic) bond motifs is 3. The van der Waals surface area contributed by atoms with Gasteiger partial charge in [0.1, 0.15) is 17.3 Å². The Morgan fingerprint density at radius 1 is 0.435 bits per heavy atom. The van der Waals surface area contributed by atoms with Gasteiger partial charge < -0.3 is 14.5 Å². The Labute approximate surface area is 371 Å². The van der Waals surface area contributed by atoms with Crippen molar-refractivity contribution in [2.75, 3.05) is 16.5 Å². The summed E-state index contributed by atoms with van der Waals surface area (Å²) in [6.07, 6.45) is 1.95. The zero-order chi connectivity index (χ0) is 44.6. The highest BCUT2D eigenvalue weighted by atomic mass is 16.5. The summed E-state index contributed by atoms with van der Waals surface area (Å²) in [4.78, 5) is 10.1. The fourth-order valence-corrected chi connectivity index (χ4v) is 9.20. The van der Waals surface area contributed by atoms with Crippen molar-refractivity contribution in [2.45, 2.75) is 113 Å². The molecule has 5 aromatic carbocycles. The Kier molecular flexibility index (Phi) is 10.5. The second-order valence-corrected chi connectivity index (χ2v) is 22.0. The van der Waals surface area contributed by atoms with E-state index in [2.05, 4.69) is 239 Å². The number of hydrogen-bond acceptors (Lipinski definition) is 4. The number of rotatable bonds is 7. The number of ether oxygens (including phenoxy) is 1. The first-order chi connectivity index (χ1) is 29.0. The first-order valence-electron chi connectivity index (χ1n) is 22.3. The topological polar surface area (TPSA) is 33.5 Å². The molecule has 5 nitrogen and oxygen atoms in total. The van der Waals surface area contributed by atoms with Crippen molar-refractivity contribution in [3.05, 3.63) is 167 Å². The van der Waals surface area contributed by atoms with Crippen LogP contribution in [0, 0.1) is 10.8 Å². The van der Waals surface area contributed by atoms with Gasteiger partial charge >= 0.3 is 0 Å². The molecule has 0 amide bonds. The lowest BCUT2D eigenvalue weighted by Crippen LogP contribution is -2.31. The maximum absolute atomic E-state index is 7.03. The highest BCUT2D eigenvalue weighted by molar-refractivity contribution is 6.09. The van der Waals surface area contributed by atoms with E-state index in [1.165, 1.54) is 44.7 Å². The third-order valence-electron chi connectivity index (χ3n) is 12.6. The van der Waals surface area contributed by atoms with E-state index in [0.29, 0.717) is 6.67 Å². The molecule has 0 radical (unpaired) electrons. The normalized spacial score (nSPS) is 14.4. The molecule has 0 saturated carbocycles. The van der Waals surface area contributed by atoms with Crippen LogP contribution in [0.2, 0.25) is 0 Å². The Hall–Kier alpha value is -5.81. The molecule has 3 heterocycles. The quantitative estimate of drug-likeness (QED) is 0.160. The van der Waals surface area contributed by atoms with Crippen molar-refractivity contribution in [1.82, 2.24) is 9.55 Å². The molecule has 0 N–H and O–H groups in total. The molecule has 62 heavy (non-hydrogen) atoms. The molecule has 5 heteroatoms. The standard InChI is InChI=1S/C57H66N4O/c1-53(2,3)39-23-20-24-42(31-39)59-37-60(52(56(10,11)12)51(59)55(7,8)9)43-32-41(54(4,5)6)33-45(35-43)62-44-27-28-47-46-25-18-19-26-48(46)61(49(47)36-44)50-34-40(29-30-58-50)57(13,14)38-21-16-15-17-22-38/h15-36H,37H2,1-14H3. The molecule has 0 bridgehead atoms. The van der Waals surface area contributed by atoms with Gasteiger partial charge in [-0.3, -0.25) is 4.57 Å². The molecule has 0 spiro atoms. The van der Waals surface area contributed by atoms with Crippen LogP contribution in [-0.2, 0) is 16.2 Å². The van der Waals surface area contributed by atoms with Gasteiger partial charge in [0.15, 0.2) is 0 Å². The number of aromatic nitrogens is 2. The van der Waals surface area contributed by atoms with Crippen molar-refractivity contribution >= 4 is 33.2 Å². The van der Waals surface area contributed by atoms with Crippen molar-refractivity contribution in [2.24, 2.45) is 10.8 Å².